The molecule has 2 aromatic rings. The molecule has 4 unspecified atom stereocenters. The number of benzene rings is 1. The third-order valence-corrected chi connectivity index (χ3v) is 8.64. The van der Waals surface area contributed by atoms with Gasteiger partial charge in [0, 0.05) is 23.9 Å². The Kier molecular flexibility index (Phi) is 8.33. The van der Waals surface area contributed by atoms with Crippen molar-refractivity contribution in [2.24, 2.45) is 5.92 Å². The zero-order chi connectivity index (χ0) is 27.9. The van der Waals surface area contributed by atoms with E-state index < -0.39 is 11.4 Å². The predicted octanol–water partition coefficient (Wildman–Crippen LogP) is 5.95. The number of anilines is 2. The van der Waals surface area contributed by atoms with Crippen molar-refractivity contribution in [3.8, 4) is 5.88 Å². The fourth-order valence-corrected chi connectivity index (χ4v) is 5.92. The van der Waals surface area contributed by atoms with Gasteiger partial charge in [-0.05, 0) is 88.1 Å². The lowest BCUT2D eigenvalue weighted by atomic mass is 9.79. The van der Waals surface area contributed by atoms with Crippen molar-refractivity contribution >= 4 is 44.3 Å². The second-order valence-electron chi connectivity index (χ2n) is 11.4. The molecule has 6 rings (SSSR count). The van der Waals surface area contributed by atoms with E-state index in [4.69, 9.17) is 15.2 Å². The third-order valence-electron chi connectivity index (χ3n) is 7.67. The third kappa shape index (κ3) is 5.39. The van der Waals surface area contributed by atoms with E-state index in [1.165, 1.54) is 0 Å². The number of nitrogens with two attached hydrogens (primary N) is 1. The highest BCUT2D eigenvalue weighted by molar-refractivity contribution is 9.10. The van der Waals surface area contributed by atoms with Crippen molar-refractivity contribution in [3.05, 3.63) is 21.9 Å². The van der Waals surface area contributed by atoms with E-state index >= 15 is 4.39 Å². The van der Waals surface area contributed by atoms with Gasteiger partial charge in [-0.2, -0.15) is 0 Å². The van der Waals surface area contributed by atoms with E-state index in [1.54, 1.807) is 4.90 Å². The number of hydrogen-bond acceptors (Lipinski definition) is 7. The summed E-state index contributed by atoms with van der Waals surface area (Å²) in [7, 11) is 2.08. The molecule has 4 aliphatic rings. The van der Waals surface area contributed by atoms with Crippen LogP contribution in [-0.4, -0.2) is 71.3 Å². The fraction of sp³-hybridized carbons (Fsp3) is 0.643. The van der Waals surface area contributed by atoms with E-state index in [0.29, 0.717) is 34.4 Å². The van der Waals surface area contributed by atoms with Crippen LogP contribution >= 0.6 is 15.9 Å². The Hall–Kier alpha value is -2.33. The Balaban J connectivity index is 0.00000164. The quantitative estimate of drug-likeness (QED) is 0.442. The summed E-state index contributed by atoms with van der Waals surface area (Å²) in [6.45, 7) is 13.5. The first kappa shape index (κ1) is 28.7. The number of likely N-dealkylation sites (N-methyl/N-ethyl adjacent to an activating group) is 1. The summed E-state index contributed by atoms with van der Waals surface area (Å²) < 4.78 is 27.4. The highest BCUT2D eigenvalue weighted by atomic mass is 79.9. The van der Waals surface area contributed by atoms with Crippen LogP contribution in [0.2, 0.25) is 0 Å². The number of nitrogens with one attached hydrogen (secondary N) is 1. The number of rotatable bonds is 5. The van der Waals surface area contributed by atoms with Crippen LogP contribution in [0.15, 0.2) is 10.5 Å². The first-order valence-electron chi connectivity index (χ1n) is 13.6. The molecule has 3 N–H and O–H groups in total. The largest absolute Gasteiger partial charge is 0.474 e. The molecule has 1 amide bonds. The van der Waals surface area contributed by atoms with Crippen molar-refractivity contribution in [3.63, 3.8) is 0 Å². The number of nitrogen functional groups attached to an aromatic ring is 1. The van der Waals surface area contributed by atoms with Crippen LogP contribution in [0.4, 0.5) is 20.6 Å². The molecule has 3 saturated heterocycles. The van der Waals surface area contributed by atoms with E-state index in [-0.39, 0.29) is 41.5 Å². The highest BCUT2D eigenvalue weighted by Crippen LogP contribution is 2.46. The summed E-state index contributed by atoms with van der Waals surface area (Å²) in [5, 5.41) is 4.17. The number of hydrogen-bond donors (Lipinski definition) is 2. The molecule has 4 atom stereocenters. The molecule has 0 radical (unpaired) electrons. The van der Waals surface area contributed by atoms with Crippen molar-refractivity contribution in [2.75, 3.05) is 37.8 Å². The predicted molar refractivity (Wildman–Crippen MR) is 153 cm³/mol. The molecular formula is C28H41BrFN5O3. The Morgan fingerprint density at radius 1 is 1.34 bits per heavy atom. The number of nitrogens with zero attached hydrogens (tertiary/aromatic N) is 3. The number of halogens is 2. The summed E-state index contributed by atoms with van der Waals surface area (Å²) in [6, 6.07) is 2.14. The van der Waals surface area contributed by atoms with Gasteiger partial charge >= 0.3 is 6.09 Å². The van der Waals surface area contributed by atoms with E-state index in [2.05, 4.69) is 38.2 Å². The first-order valence-corrected chi connectivity index (χ1v) is 14.4. The molecule has 4 heterocycles. The lowest BCUT2D eigenvalue weighted by molar-refractivity contribution is 0.0239. The van der Waals surface area contributed by atoms with Crippen LogP contribution in [0.1, 0.15) is 59.4 Å². The fourth-order valence-electron chi connectivity index (χ4n) is 5.62. The molecule has 38 heavy (non-hydrogen) atoms. The lowest BCUT2D eigenvalue weighted by Gasteiger charge is -2.38. The number of carbonyl (C=O) groups is 1. The van der Waals surface area contributed by atoms with E-state index in [9.17, 15) is 4.79 Å². The smallest absolute Gasteiger partial charge is 0.410 e. The monoisotopic (exact) mass is 593 g/mol. The minimum Gasteiger partial charge on any atom is -0.474 e. The SMILES string of the molecule is CC.Cc1cc2c(NC3C4CC3N(C(=O)OC(C)(C)C)C4)c(N)c(OCC3CCCN3C)nc2c(F)c1Br. The minimum atomic E-state index is -0.555. The van der Waals surface area contributed by atoms with Crippen LogP contribution in [0, 0.1) is 18.7 Å². The van der Waals surface area contributed by atoms with Crippen molar-refractivity contribution in [1.82, 2.24) is 14.8 Å². The van der Waals surface area contributed by atoms with Gasteiger partial charge in [-0.1, -0.05) is 13.8 Å². The minimum absolute atomic E-state index is 0.00810. The van der Waals surface area contributed by atoms with Crippen LogP contribution in [0.3, 0.4) is 0 Å². The second-order valence-corrected chi connectivity index (χ2v) is 12.2. The molecule has 1 aromatic heterocycles. The van der Waals surface area contributed by atoms with Crippen LogP contribution < -0.4 is 15.8 Å². The van der Waals surface area contributed by atoms with Gasteiger partial charge in [0.2, 0.25) is 5.88 Å². The Bertz CT molecular complexity index is 1200. The van der Waals surface area contributed by atoms with Crippen molar-refractivity contribution < 1.29 is 18.7 Å². The molecular weight excluding hydrogens is 553 g/mol. The maximum atomic E-state index is 15.4. The van der Waals surface area contributed by atoms with Gasteiger partial charge in [0.25, 0.3) is 0 Å². The number of carbonyl (C=O) groups excluding carboxylic acids is 1. The first-order chi connectivity index (χ1) is 17.9. The van der Waals surface area contributed by atoms with Crippen molar-refractivity contribution in [1.29, 1.82) is 0 Å². The maximum absolute atomic E-state index is 15.4. The Morgan fingerprint density at radius 2 is 2.05 bits per heavy atom. The zero-order valence-electron chi connectivity index (χ0n) is 23.5. The number of likely N-dealkylation sites (tertiary alicyclic amines) is 1. The van der Waals surface area contributed by atoms with Gasteiger partial charge in [0.05, 0.1) is 22.2 Å². The van der Waals surface area contributed by atoms with Crippen molar-refractivity contribution in [2.45, 2.75) is 84.5 Å². The van der Waals surface area contributed by atoms with Gasteiger partial charge in [0.1, 0.15) is 23.4 Å². The topological polar surface area (TPSA) is 93.0 Å². The van der Waals surface area contributed by atoms with Gasteiger partial charge in [-0.15, -0.1) is 0 Å². The van der Waals surface area contributed by atoms with Gasteiger partial charge in [-0.3, -0.25) is 0 Å². The van der Waals surface area contributed by atoms with Crippen LogP contribution in [0.25, 0.3) is 10.9 Å². The van der Waals surface area contributed by atoms with Gasteiger partial charge in [-0.25, -0.2) is 14.2 Å². The number of fused-ring (bicyclic) bond motifs is 2. The molecule has 210 valence electrons. The molecule has 1 aliphatic carbocycles. The maximum Gasteiger partial charge on any atom is 0.410 e. The standard InChI is InChI=1S/C26H35BrFN5O3.C2H6/c1-13-9-16-22(19(28)18(13)27)31-24(35-12-15-7-6-8-32(15)5)20(29)23(16)30-21-14-10-17(21)33(11-14)25(34)36-26(2,3)4;1-2/h9,14-15,17,21H,6-8,10-12,29H2,1-5H3,(H,30,31);1-2H3. The highest BCUT2D eigenvalue weighted by Gasteiger charge is 2.55. The summed E-state index contributed by atoms with van der Waals surface area (Å²) in [4.78, 5) is 21.3. The Morgan fingerprint density at radius 3 is 2.68 bits per heavy atom. The molecule has 2 bridgehead atoms. The summed E-state index contributed by atoms with van der Waals surface area (Å²) in [5.41, 5.74) is 7.98. The molecule has 1 aromatic carbocycles. The molecule has 3 aliphatic heterocycles. The summed E-state index contributed by atoms with van der Waals surface area (Å²) in [6.07, 6.45) is 2.76. The van der Waals surface area contributed by atoms with E-state index in [1.807, 2.05) is 47.6 Å². The molecule has 10 heteroatoms. The average Bonchev–Trinajstić information content (AvgIpc) is 3.57. The number of ether oxygens (including phenoxy) is 2. The molecule has 4 fully saturated rings. The number of aromatic nitrogens is 1. The van der Waals surface area contributed by atoms with Crippen LogP contribution in [-0.2, 0) is 4.74 Å². The van der Waals surface area contributed by atoms with Gasteiger partial charge < -0.3 is 30.3 Å². The average molecular weight is 595 g/mol. The number of aryl methyl sites for hydroxylation is 1. The Labute approximate surface area is 233 Å². The molecule has 0 spiro atoms. The number of pyridine rings is 1. The molecule has 8 nitrogen and oxygen atoms in total. The van der Waals surface area contributed by atoms with Crippen LogP contribution in [0.5, 0.6) is 5.88 Å². The molecule has 1 saturated carbocycles. The number of amides is 1. The second kappa shape index (κ2) is 11.0. The summed E-state index contributed by atoms with van der Waals surface area (Å²) >= 11 is 3.35. The van der Waals surface area contributed by atoms with Gasteiger partial charge in [0.15, 0.2) is 5.82 Å². The summed E-state index contributed by atoms with van der Waals surface area (Å²) in [5.74, 6) is 0.0569. The lowest BCUT2D eigenvalue weighted by Crippen LogP contribution is -2.50. The van der Waals surface area contributed by atoms with E-state index in [0.717, 1.165) is 31.4 Å². The zero-order valence-corrected chi connectivity index (χ0v) is 25.1. The normalized spacial score (nSPS) is 24.6.